The molecule has 1 atom stereocenters. The third-order valence-corrected chi connectivity index (χ3v) is 2.10. The van der Waals surface area contributed by atoms with Crippen molar-refractivity contribution < 1.29 is 19.4 Å². The molecule has 4 heteroatoms. The Balaban J connectivity index is 3.06. The summed E-state index contributed by atoms with van der Waals surface area (Å²) in [7, 11) is 0. The molecule has 0 aliphatic carbocycles. The molecule has 0 aliphatic heterocycles. The van der Waals surface area contributed by atoms with Gasteiger partial charge in [0.05, 0.1) is 6.10 Å². The molecule has 0 saturated carbocycles. The van der Waals surface area contributed by atoms with E-state index in [0.717, 1.165) is 19.3 Å². The molecule has 0 spiro atoms. The third kappa shape index (κ3) is 11.6. The lowest BCUT2D eigenvalue weighted by molar-refractivity contribution is -0.121. The predicted molar refractivity (Wildman–Crippen MR) is 62.5 cm³/mol. The molecule has 0 aromatic rings. The molecular formula is C12H24O4. The lowest BCUT2D eigenvalue weighted by Crippen LogP contribution is -2.11. The molecule has 0 aromatic carbocycles. The Bertz CT molecular complexity index is 170. The Morgan fingerprint density at radius 3 is 2.50 bits per heavy atom. The number of ketones is 1. The average molecular weight is 232 g/mol. The normalized spacial score (nSPS) is 12.7. The second kappa shape index (κ2) is 11.0. The summed E-state index contributed by atoms with van der Waals surface area (Å²) in [4.78, 5) is 10.5. The molecule has 0 rings (SSSR count). The molecule has 0 saturated heterocycles. The second-order valence-corrected chi connectivity index (χ2v) is 3.95. The van der Waals surface area contributed by atoms with E-state index in [9.17, 15) is 9.90 Å². The highest BCUT2D eigenvalue weighted by atomic mass is 16.5. The molecular weight excluding hydrogens is 208 g/mol. The first-order chi connectivity index (χ1) is 7.66. The van der Waals surface area contributed by atoms with Crippen LogP contribution in [0.15, 0.2) is 0 Å². The van der Waals surface area contributed by atoms with Crippen molar-refractivity contribution in [2.45, 2.75) is 45.6 Å². The topological polar surface area (TPSA) is 55.8 Å². The fraction of sp³-hybridized carbons (Fsp3) is 0.917. The zero-order valence-electron chi connectivity index (χ0n) is 10.4. The van der Waals surface area contributed by atoms with E-state index >= 15 is 0 Å². The monoisotopic (exact) mass is 232 g/mol. The van der Waals surface area contributed by atoms with Crippen molar-refractivity contribution in [3.63, 3.8) is 0 Å². The van der Waals surface area contributed by atoms with Gasteiger partial charge in [-0.05, 0) is 26.2 Å². The van der Waals surface area contributed by atoms with Crippen LogP contribution >= 0.6 is 0 Å². The van der Waals surface area contributed by atoms with E-state index in [1.165, 1.54) is 6.92 Å². The molecule has 4 nitrogen and oxygen atoms in total. The maximum Gasteiger partial charge on any atom is 0.155 e. The summed E-state index contributed by atoms with van der Waals surface area (Å²) < 4.78 is 10.4. The zero-order valence-corrected chi connectivity index (χ0v) is 10.4. The molecule has 0 bridgehead atoms. The molecule has 1 N–H and O–H groups in total. The summed E-state index contributed by atoms with van der Waals surface area (Å²) in [6.45, 7) is 5.51. The maximum absolute atomic E-state index is 10.5. The van der Waals surface area contributed by atoms with E-state index in [1.807, 2.05) is 0 Å². The first kappa shape index (κ1) is 15.6. The largest absolute Gasteiger partial charge is 0.393 e. The second-order valence-electron chi connectivity index (χ2n) is 3.95. The van der Waals surface area contributed by atoms with Gasteiger partial charge in [-0.15, -0.1) is 0 Å². The van der Waals surface area contributed by atoms with Gasteiger partial charge in [0, 0.05) is 19.8 Å². The van der Waals surface area contributed by atoms with Crippen LogP contribution in [-0.2, 0) is 14.3 Å². The highest BCUT2D eigenvalue weighted by Gasteiger charge is 2.01. The van der Waals surface area contributed by atoms with E-state index in [1.54, 1.807) is 0 Å². The molecule has 96 valence electrons. The van der Waals surface area contributed by atoms with E-state index in [0.29, 0.717) is 26.2 Å². The fourth-order valence-electron chi connectivity index (χ4n) is 1.28. The van der Waals surface area contributed by atoms with Crippen molar-refractivity contribution in [3.8, 4) is 0 Å². The first-order valence-electron chi connectivity index (χ1n) is 5.99. The number of hydrogen-bond acceptors (Lipinski definition) is 4. The molecule has 16 heavy (non-hydrogen) atoms. The van der Waals surface area contributed by atoms with Crippen molar-refractivity contribution in [2.24, 2.45) is 0 Å². The summed E-state index contributed by atoms with van der Waals surface area (Å²) in [6, 6.07) is 0. The summed E-state index contributed by atoms with van der Waals surface area (Å²) in [5, 5.41) is 9.41. The molecule has 1 unspecified atom stereocenters. The minimum Gasteiger partial charge on any atom is -0.393 e. The van der Waals surface area contributed by atoms with Crippen molar-refractivity contribution in [3.05, 3.63) is 0 Å². The molecule has 0 fully saturated rings. The number of aliphatic hydroxyl groups is 1. The quantitative estimate of drug-likeness (QED) is 0.549. The van der Waals surface area contributed by atoms with Gasteiger partial charge in [0.25, 0.3) is 0 Å². The van der Waals surface area contributed by atoms with Crippen molar-refractivity contribution in [1.29, 1.82) is 0 Å². The summed E-state index contributed by atoms with van der Waals surface area (Å²) >= 11 is 0. The minimum atomic E-state index is -0.237. The number of aliphatic hydroxyl groups excluding tert-OH is 1. The van der Waals surface area contributed by atoms with Gasteiger partial charge in [0.1, 0.15) is 6.61 Å². The van der Waals surface area contributed by atoms with Crippen LogP contribution < -0.4 is 0 Å². The van der Waals surface area contributed by atoms with E-state index < -0.39 is 0 Å². The van der Waals surface area contributed by atoms with Gasteiger partial charge in [0.2, 0.25) is 0 Å². The maximum atomic E-state index is 10.5. The van der Waals surface area contributed by atoms with Crippen LogP contribution in [0.4, 0.5) is 0 Å². The molecule has 0 radical (unpaired) electrons. The van der Waals surface area contributed by atoms with Crippen LogP contribution in [0.1, 0.15) is 39.5 Å². The lowest BCUT2D eigenvalue weighted by atomic mass is 10.1. The smallest absolute Gasteiger partial charge is 0.155 e. The van der Waals surface area contributed by atoms with Crippen molar-refractivity contribution in [2.75, 3.05) is 26.4 Å². The Kier molecular flexibility index (Phi) is 10.7. The van der Waals surface area contributed by atoms with Crippen LogP contribution in [0.5, 0.6) is 0 Å². The van der Waals surface area contributed by atoms with Crippen LogP contribution in [-0.4, -0.2) is 43.4 Å². The lowest BCUT2D eigenvalue weighted by Gasteiger charge is -2.09. The van der Waals surface area contributed by atoms with Gasteiger partial charge in [-0.1, -0.05) is 13.3 Å². The van der Waals surface area contributed by atoms with Gasteiger partial charge in [0.15, 0.2) is 5.78 Å². The highest BCUT2D eigenvalue weighted by molar-refractivity contribution is 5.76. The number of carbonyl (C=O) groups is 1. The summed E-state index contributed by atoms with van der Waals surface area (Å²) in [5.74, 6) is 0.0450. The molecule has 0 aromatic heterocycles. The highest BCUT2D eigenvalue weighted by Crippen LogP contribution is 2.01. The van der Waals surface area contributed by atoms with Crippen molar-refractivity contribution >= 4 is 5.78 Å². The summed E-state index contributed by atoms with van der Waals surface area (Å²) in [6.07, 6.45) is 3.09. The standard InChI is InChI=1S/C12H24O4/c1-3-5-12(14)6-9-15-7-4-8-16-10-11(2)13/h12,14H,3-10H2,1-2H3. The van der Waals surface area contributed by atoms with E-state index in [2.05, 4.69) is 6.92 Å². The Labute approximate surface area is 97.9 Å². The number of hydrogen-bond donors (Lipinski definition) is 1. The van der Waals surface area contributed by atoms with Gasteiger partial charge in [-0.25, -0.2) is 0 Å². The first-order valence-corrected chi connectivity index (χ1v) is 5.99. The third-order valence-electron chi connectivity index (χ3n) is 2.10. The molecule has 0 amide bonds. The Morgan fingerprint density at radius 2 is 1.88 bits per heavy atom. The molecule has 0 aliphatic rings. The minimum absolute atomic E-state index is 0.0450. The predicted octanol–water partition coefficient (Wildman–Crippen LogP) is 1.55. The van der Waals surface area contributed by atoms with E-state index in [-0.39, 0.29) is 18.5 Å². The number of ether oxygens (including phenoxy) is 2. The van der Waals surface area contributed by atoms with Crippen LogP contribution in [0.2, 0.25) is 0 Å². The average Bonchev–Trinajstić information content (AvgIpc) is 2.22. The fourth-order valence-corrected chi connectivity index (χ4v) is 1.28. The van der Waals surface area contributed by atoms with Gasteiger partial charge >= 0.3 is 0 Å². The number of carbonyl (C=O) groups excluding carboxylic acids is 1. The Morgan fingerprint density at radius 1 is 1.19 bits per heavy atom. The zero-order chi connectivity index (χ0) is 12.2. The number of Topliss-reactive ketones (excluding diaryl/α,β-unsaturated/α-hetero) is 1. The van der Waals surface area contributed by atoms with Crippen molar-refractivity contribution in [1.82, 2.24) is 0 Å². The number of rotatable bonds is 11. The van der Waals surface area contributed by atoms with Gasteiger partial charge < -0.3 is 14.6 Å². The van der Waals surface area contributed by atoms with Crippen LogP contribution in [0.3, 0.4) is 0 Å². The van der Waals surface area contributed by atoms with Crippen LogP contribution in [0.25, 0.3) is 0 Å². The Hall–Kier alpha value is -0.450. The van der Waals surface area contributed by atoms with E-state index in [4.69, 9.17) is 9.47 Å². The SMILES string of the molecule is CCCC(O)CCOCCCOCC(C)=O. The van der Waals surface area contributed by atoms with Crippen LogP contribution in [0, 0.1) is 0 Å². The summed E-state index contributed by atoms with van der Waals surface area (Å²) in [5.41, 5.74) is 0. The van der Waals surface area contributed by atoms with Gasteiger partial charge in [-0.2, -0.15) is 0 Å². The van der Waals surface area contributed by atoms with Gasteiger partial charge in [-0.3, -0.25) is 4.79 Å². The molecule has 0 heterocycles.